The van der Waals surface area contributed by atoms with Crippen molar-refractivity contribution in [2.24, 2.45) is 5.92 Å². The van der Waals surface area contributed by atoms with Crippen LogP contribution in [0.5, 0.6) is 0 Å². The first-order valence-electron chi connectivity index (χ1n) is 10.4. The van der Waals surface area contributed by atoms with E-state index in [1.807, 2.05) is 12.4 Å². The van der Waals surface area contributed by atoms with Gasteiger partial charge in [0, 0.05) is 38.2 Å². The molecule has 0 spiro atoms. The standard InChI is InChI=1S/C22H30N4O/c1-2-4-20(5-3-1)26-22-15-19(7-11-24-22)18-6-10-23-21(14-18)25-16-17-8-12-27-13-9-17/h6-7,10-11,14-15,17,20H,1-5,8-9,12-13,16H2,(H,23,25)(H,24,26). The quantitative estimate of drug-likeness (QED) is 0.774. The van der Waals surface area contributed by atoms with Gasteiger partial charge >= 0.3 is 0 Å². The second-order valence-corrected chi connectivity index (χ2v) is 7.78. The Hall–Kier alpha value is -2.14. The van der Waals surface area contributed by atoms with Crippen molar-refractivity contribution in [3.05, 3.63) is 36.7 Å². The summed E-state index contributed by atoms with van der Waals surface area (Å²) >= 11 is 0. The van der Waals surface area contributed by atoms with Crippen LogP contribution < -0.4 is 10.6 Å². The number of nitrogens with one attached hydrogen (secondary N) is 2. The summed E-state index contributed by atoms with van der Waals surface area (Å²) in [6.45, 7) is 2.73. The first-order chi connectivity index (χ1) is 13.4. The smallest absolute Gasteiger partial charge is 0.126 e. The number of aromatic nitrogens is 2. The lowest BCUT2D eigenvalue weighted by Gasteiger charge is -2.23. The maximum atomic E-state index is 5.44. The van der Waals surface area contributed by atoms with Gasteiger partial charge in [0.2, 0.25) is 0 Å². The molecule has 27 heavy (non-hydrogen) atoms. The number of hydrogen-bond donors (Lipinski definition) is 2. The highest BCUT2D eigenvalue weighted by atomic mass is 16.5. The van der Waals surface area contributed by atoms with E-state index in [9.17, 15) is 0 Å². The van der Waals surface area contributed by atoms with Crippen molar-refractivity contribution in [1.29, 1.82) is 0 Å². The Kier molecular flexibility index (Phi) is 6.20. The fourth-order valence-electron chi connectivity index (χ4n) is 4.05. The van der Waals surface area contributed by atoms with Crippen molar-refractivity contribution in [3.63, 3.8) is 0 Å². The van der Waals surface area contributed by atoms with Gasteiger partial charge in [-0.25, -0.2) is 9.97 Å². The summed E-state index contributed by atoms with van der Waals surface area (Å²) in [6, 6.07) is 9.00. The molecule has 0 bridgehead atoms. The van der Waals surface area contributed by atoms with Crippen molar-refractivity contribution in [1.82, 2.24) is 9.97 Å². The van der Waals surface area contributed by atoms with Gasteiger partial charge in [-0.05, 0) is 67.0 Å². The predicted molar refractivity (Wildman–Crippen MR) is 110 cm³/mol. The summed E-state index contributed by atoms with van der Waals surface area (Å²) in [7, 11) is 0. The number of anilines is 2. The SMILES string of the molecule is c1cc(-c2ccnc(NC3CCCCC3)c2)cc(NCC2CCOCC2)n1. The van der Waals surface area contributed by atoms with Crippen LogP contribution in [0.15, 0.2) is 36.7 Å². The van der Waals surface area contributed by atoms with E-state index in [0.29, 0.717) is 12.0 Å². The van der Waals surface area contributed by atoms with Crippen molar-refractivity contribution in [2.45, 2.75) is 51.0 Å². The van der Waals surface area contributed by atoms with Crippen LogP contribution in [0.4, 0.5) is 11.6 Å². The van der Waals surface area contributed by atoms with E-state index in [0.717, 1.165) is 44.2 Å². The molecule has 0 amide bonds. The molecule has 2 N–H and O–H groups in total. The Bertz CT molecular complexity index is 724. The Morgan fingerprint density at radius 2 is 1.52 bits per heavy atom. The number of pyridine rings is 2. The van der Waals surface area contributed by atoms with Gasteiger partial charge in [0.25, 0.3) is 0 Å². The molecule has 2 aromatic heterocycles. The summed E-state index contributed by atoms with van der Waals surface area (Å²) in [4.78, 5) is 9.02. The molecule has 0 aromatic carbocycles. The average Bonchev–Trinajstić information content (AvgIpc) is 2.74. The highest BCUT2D eigenvalue weighted by molar-refractivity contribution is 5.68. The molecule has 0 atom stereocenters. The Labute approximate surface area is 162 Å². The van der Waals surface area contributed by atoms with E-state index in [1.54, 1.807) is 0 Å². The van der Waals surface area contributed by atoms with Gasteiger partial charge in [0.15, 0.2) is 0 Å². The maximum Gasteiger partial charge on any atom is 0.126 e. The first-order valence-corrected chi connectivity index (χ1v) is 10.4. The molecule has 144 valence electrons. The zero-order chi connectivity index (χ0) is 18.3. The third kappa shape index (κ3) is 5.19. The van der Waals surface area contributed by atoms with Crippen molar-refractivity contribution < 1.29 is 4.74 Å². The predicted octanol–water partition coefficient (Wildman–Crippen LogP) is 4.73. The molecular weight excluding hydrogens is 336 g/mol. The molecule has 0 unspecified atom stereocenters. The van der Waals surface area contributed by atoms with Crippen LogP contribution in [0.3, 0.4) is 0 Å². The zero-order valence-corrected chi connectivity index (χ0v) is 16.0. The summed E-state index contributed by atoms with van der Waals surface area (Å²) in [5.41, 5.74) is 2.35. The minimum atomic E-state index is 0.565. The Balaban J connectivity index is 1.40. The normalized spacial score (nSPS) is 19.0. The molecule has 2 aliphatic rings. The molecular formula is C22H30N4O. The lowest BCUT2D eigenvalue weighted by Crippen LogP contribution is -2.23. The monoisotopic (exact) mass is 366 g/mol. The highest BCUT2D eigenvalue weighted by Gasteiger charge is 2.15. The molecule has 1 saturated heterocycles. The summed E-state index contributed by atoms with van der Waals surface area (Å²) in [5.74, 6) is 2.60. The van der Waals surface area contributed by atoms with Crippen LogP contribution >= 0.6 is 0 Å². The van der Waals surface area contributed by atoms with Gasteiger partial charge in [-0.2, -0.15) is 0 Å². The maximum absolute atomic E-state index is 5.44. The number of hydrogen-bond acceptors (Lipinski definition) is 5. The zero-order valence-electron chi connectivity index (χ0n) is 16.0. The van der Waals surface area contributed by atoms with Gasteiger partial charge in [0.05, 0.1) is 0 Å². The highest BCUT2D eigenvalue weighted by Crippen LogP contribution is 2.26. The van der Waals surface area contributed by atoms with Crippen LogP contribution in [-0.4, -0.2) is 35.8 Å². The molecule has 5 nitrogen and oxygen atoms in total. The van der Waals surface area contributed by atoms with E-state index in [-0.39, 0.29) is 0 Å². The molecule has 2 aromatic rings. The summed E-state index contributed by atoms with van der Waals surface area (Å²) < 4.78 is 5.44. The van der Waals surface area contributed by atoms with Gasteiger partial charge < -0.3 is 15.4 Å². The summed E-state index contributed by atoms with van der Waals surface area (Å²) in [5, 5.41) is 7.13. The van der Waals surface area contributed by atoms with E-state index in [1.165, 1.54) is 43.2 Å². The minimum absolute atomic E-state index is 0.565. The second kappa shape index (κ2) is 9.18. The number of nitrogens with zero attached hydrogens (tertiary/aromatic N) is 2. The molecule has 2 fully saturated rings. The average molecular weight is 367 g/mol. The van der Waals surface area contributed by atoms with Crippen molar-refractivity contribution >= 4 is 11.6 Å². The van der Waals surface area contributed by atoms with Crippen LogP contribution in [0.25, 0.3) is 11.1 Å². The largest absolute Gasteiger partial charge is 0.381 e. The molecule has 1 aliphatic heterocycles. The third-order valence-electron chi connectivity index (χ3n) is 5.72. The molecule has 1 saturated carbocycles. The second-order valence-electron chi connectivity index (χ2n) is 7.78. The van der Waals surface area contributed by atoms with Gasteiger partial charge in [-0.1, -0.05) is 19.3 Å². The van der Waals surface area contributed by atoms with Crippen molar-refractivity contribution in [2.75, 3.05) is 30.4 Å². The van der Waals surface area contributed by atoms with Crippen LogP contribution in [-0.2, 0) is 4.74 Å². The number of ether oxygens (including phenoxy) is 1. The van der Waals surface area contributed by atoms with E-state index < -0.39 is 0 Å². The van der Waals surface area contributed by atoms with Crippen LogP contribution in [0.1, 0.15) is 44.9 Å². The van der Waals surface area contributed by atoms with Crippen molar-refractivity contribution in [3.8, 4) is 11.1 Å². The van der Waals surface area contributed by atoms with Crippen LogP contribution in [0.2, 0.25) is 0 Å². The van der Waals surface area contributed by atoms with Gasteiger partial charge in [-0.3, -0.25) is 0 Å². The Morgan fingerprint density at radius 3 is 2.26 bits per heavy atom. The first kappa shape index (κ1) is 18.2. The lowest BCUT2D eigenvalue weighted by molar-refractivity contribution is 0.0699. The lowest BCUT2D eigenvalue weighted by atomic mass is 9.95. The van der Waals surface area contributed by atoms with E-state index in [2.05, 4.69) is 44.9 Å². The van der Waals surface area contributed by atoms with Crippen LogP contribution in [0, 0.1) is 5.92 Å². The van der Waals surface area contributed by atoms with Gasteiger partial charge in [0.1, 0.15) is 11.6 Å². The molecule has 4 rings (SSSR count). The third-order valence-corrected chi connectivity index (χ3v) is 5.72. The van der Waals surface area contributed by atoms with Gasteiger partial charge in [-0.15, -0.1) is 0 Å². The fraction of sp³-hybridized carbons (Fsp3) is 0.545. The van der Waals surface area contributed by atoms with E-state index in [4.69, 9.17) is 4.74 Å². The molecule has 5 heteroatoms. The number of rotatable bonds is 6. The molecule has 1 aliphatic carbocycles. The topological polar surface area (TPSA) is 59.1 Å². The molecule has 0 radical (unpaired) electrons. The fourth-order valence-corrected chi connectivity index (χ4v) is 4.05. The Morgan fingerprint density at radius 1 is 0.852 bits per heavy atom. The van der Waals surface area contributed by atoms with E-state index >= 15 is 0 Å². The minimum Gasteiger partial charge on any atom is -0.381 e. The molecule has 3 heterocycles. The summed E-state index contributed by atoms with van der Waals surface area (Å²) in [6.07, 6.45) is 12.6.